The number of carbonyl (C=O) groups is 2. The highest BCUT2D eigenvalue weighted by molar-refractivity contribution is 6.04. The molecule has 3 aromatic heterocycles. The highest BCUT2D eigenvalue weighted by atomic mass is 19.1. The van der Waals surface area contributed by atoms with Gasteiger partial charge in [-0.05, 0) is 62.2 Å². The number of benzene rings is 1. The number of anilines is 2. The van der Waals surface area contributed by atoms with Gasteiger partial charge >= 0.3 is 0 Å². The van der Waals surface area contributed by atoms with E-state index in [4.69, 9.17) is 0 Å². The van der Waals surface area contributed by atoms with Crippen LogP contribution in [0.1, 0.15) is 42.4 Å². The Labute approximate surface area is 218 Å². The number of aromatic nitrogens is 4. The van der Waals surface area contributed by atoms with Gasteiger partial charge in [0.1, 0.15) is 18.0 Å². The van der Waals surface area contributed by atoms with Crippen molar-refractivity contribution >= 4 is 23.3 Å². The maximum atomic E-state index is 14.9. The summed E-state index contributed by atoms with van der Waals surface area (Å²) in [7, 11) is 0. The zero-order chi connectivity index (χ0) is 27.4. The van der Waals surface area contributed by atoms with Crippen LogP contribution in [0.2, 0.25) is 0 Å². The summed E-state index contributed by atoms with van der Waals surface area (Å²) in [4.78, 5) is 41.1. The normalized spacial score (nSPS) is 10.9. The first-order valence-electron chi connectivity index (χ1n) is 11.6. The summed E-state index contributed by atoms with van der Waals surface area (Å²) in [5.74, 6) is -1.02. The molecule has 3 heterocycles. The quantitative estimate of drug-likeness (QED) is 0.371. The molecule has 0 saturated carbocycles. The zero-order valence-corrected chi connectivity index (χ0v) is 21.2. The molecule has 0 aliphatic heterocycles. The number of nitrogens with zero attached hydrogens (tertiary/aromatic N) is 5. The van der Waals surface area contributed by atoms with Crippen LogP contribution < -0.4 is 10.6 Å². The van der Waals surface area contributed by atoms with Crippen molar-refractivity contribution in [2.45, 2.75) is 33.1 Å². The van der Waals surface area contributed by atoms with Gasteiger partial charge in [0.15, 0.2) is 0 Å². The van der Waals surface area contributed by atoms with Crippen LogP contribution >= 0.6 is 0 Å². The van der Waals surface area contributed by atoms with E-state index in [-0.39, 0.29) is 17.2 Å². The van der Waals surface area contributed by atoms with Crippen molar-refractivity contribution < 1.29 is 14.0 Å². The van der Waals surface area contributed by atoms with Crippen LogP contribution in [0.3, 0.4) is 0 Å². The molecule has 1 aromatic carbocycles. The number of pyridine rings is 2. The Balaban J connectivity index is 1.66. The lowest BCUT2D eigenvalue weighted by atomic mass is 9.90. The van der Waals surface area contributed by atoms with Crippen LogP contribution in [-0.4, -0.2) is 31.8 Å². The van der Waals surface area contributed by atoms with Gasteiger partial charge in [-0.3, -0.25) is 19.6 Å². The molecule has 0 fully saturated rings. The molecule has 38 heavy (non-hydrogen) atoms. The number of hydrogen-bond donors (Lipinski definition) is 2. The Hall–Kier alpha value is -5.04. The lowest BCUT2D eigenvalue weighted by molar-refractivity contribution is -0.114. The summed E-state index contributed by atoms with van der Waals surface area (Å²) in [5.41, 5.74) is 2.98. The maximum Gasteiger partial charge on any atom is 0.255 e. The van der Waals surface area contributed by atoms with Gasteiger partial charge in [-0.2, -0.15) is 5.26 Å². The number of hydrogen-bond acceptors (Lipinski definition) is 7. The minimum Gasteiger partial charge on any atom is -0.319 e. The summed E-state index contributed by atoms with van der Waals surface area (Å²) in [6.07, 6.45) is 6.04. The van der Waals surface area contributed by atoms with Crippen molar-refractivity contribution in [3.05, 3.63) is 84.0 Å². The minimum absolute atomic E-state index is 0.00566. The van der Waals surface area contributed by atoms with E-state index >= 15 is 0 Å². The van der Waals surface area contributed by atoms with Crippen molar-refractivity contribution in [3.8, 4) is 28.5 Å². The fraction of sp³-hybridized carbons (Fsp3) is 0.179. The van der Waals surface area contributed by atoms with Crippen molar-refractivity contribution in [3.63, 3.8) is 0 Å². The molecule has 0 aliphatic rings. The van der Waals surface area contributed by atoms with Crippen LogP contribution in [-0.2, 0) is 10.2 Å². The topological polar surface area (TPSA) is 134 Å². The number of aryl methyl sites for hydroxylation is 1. The first-order valence-corrected chi connectivity index (χ1v) is 11.6. The van der Waals surface area contributed by atoms with E-state index in [1.165, 1.54) is 37.6 Å². The molecule has 0 saturated heterocycles. The second-order valence-corrected chi connectivity index (χ2v) is 9.20. The lowest BCUT2D eigenvalue weighted by Gasteiger charge is -2.16. The molecule has 4 aromatic rings. The molecular weight excluding hydrogens is 485 g/mol. The molecule has 0 unspecified atom stereocenters. The number of halogens is 1. The summed E-state index contributed by atoms with van der Waals surface area (Å²) in [6.45, 7) is 6.55. The second kappa shape index (κ2) is 10.5. The average molecular weight is 510 g/mol. The number of rotatable bonds is 6. The van der Waals surface area contributed by atoms with E-state index in [1.54, 1.807) is 45.3 Å². The number of nitriles is 1. The molecule has 0 radical (unpaired) electrons. The Bertz CT molecular complexity index is 1590. The fourth-order valence-corrected chi connectivity index (χ4v) is 3.74. The SMILES string of the molecule is CC(=O)Nc1cc(-c2cncc(-c3cc(NC(=O)c4ccnc(C(C)(C)C#N)c4)c(F)cc3C)c2)ncn1. The van der Waals surface area contributed by atoms with Crippen LogP contribution in [0, 0.1) is 24.1 Å². The van der Waals surface area contributed by atoms with Crippen molar-refractivity contribution in [2.24, 2.45) is 0 Å². The Morgan fingerprint density at radius 2 is 1.76 bits per heavy atom. The molecule has 0 aliphatic carbocycles. The molecule has 0 spiro atoms. The molecular formula is C28H24FN7O2. The van der Waals surface area contributed by atoms with Crippen LogP contribution in [0.4, 0.5) is 15.9 Å². The van der Waals surface area contributed by atoms with Gasteiger partial charge in [-0.15, -0.1) is 0 Å². The summed E-state index contributed by atoms with van der Waals surface area (Å²) < 4.78 is 14.9. The zero-order valence-electron chi connectivity index (χ0n) is 21.2. The third-order valence-corrected chi connectivity index (χ3v) is 5.82. The third-order valence-electron chi connectivity index (χ3n) is 5.82. The predicted molar refractivity (Wildman–Crippen MR) is 141 cm³/mol. The second-order valence-electron chi connectivity index (χ2n) is 9.20. The third kappa shape index (κ3) is 5.68. The Morgan fingerprint density at radius 3 is 2.50 bits per heavy atom. The van der Waals surface area contributed by atoms with E-state index in [2.05, 4.69) is 36.6 Å². The number of nitrogens with one attached hydrogen (secondary N) is 2. The average Bonchev–Trinajstić information content (AvgIpc) is 2.90. The number of carbonyl (C=O) groups excluding carboxylic acids is 2. The van der Waals surface area contributed by atoms with E-state index in [1.807, 2.05) is 6.07 Å². The summed E-state index contributed by atoms with van der Waals surface area (Å²) in [6, 6.07) is 11.5. The van der Waals surface area contributed by atoms with E-state index in [9.17, 15) is 19.2 Å². The lowest BCUT2D eigenvalue weighted by Crippen LogP contribution is -2.19. The van der Waals surface area contributed by atoms with Gasteiger partial charge in [-0.25, -0.2) is 14.4 Å². The largest absolute Gasteiger partial charge is 0.319 e. The predicted octanol–water partition coefficient (Wildman–Crippen LogP) is 5.06. The Morgan fingerprint density at radius 1 is 1.00 bits per heavy atom. The van der Waals surface area contributed by atoms with Crippen molar-refractivity contribution in [1.29, 1.82) is 5.26 Å². The highest BCUT2D eigenvalue weighted by Crippen LogP contribution is 2.31. The first-order chi connectivity index (χ1) is 18.1. The van der Waals surface area contributed by atoms with Crippen molar-refractivity contribution in [2.75, 3.05) is 10.6 Å². The molecule has 2 N–H and O–H groups in total. The maximum absolute atomic E-state index is 14.9. The van der Waals surface area contributed by atoms with Gasteiger partial charge in [0.2, 0.25) is 5.91 Å². The van der Waals surface area contributed by atoms with E-state index in [0.717, 1.165) is 0 Å². The minimum atomic E-state index is -0.886. The first kappa shape index (κ1) is 26.0. The van der Waals surface area contributed by atoms with E-state index in [0.29, 0.717) is 39.5 Å². The van der Waals surface area contributed by atoms with E-state index < -0.39 is 17.1 Å². The molecule has 10 heteroatoms. The summed E-state index contributed by atoms with van der Waals surface area (Å²) >= 11 is 0. The molecule has 2 amide bonds. The molecule has 0 atom stereocenters. The fourth-order valence-electron chi connectivity index (χ4n) is 3.74. The van der Waals surface area contributed by atoms with Gasteiger partial charge in [0, 0.05) is 48.3 Å². The van der Waals surface area contributed by atoms with Crippen molar-refractivity contribution in [1.82, 2.24) is 19.9 Å². The van der Waals surface area contributed by atoms with Gasteiger partial charge in [0.25, 0.3) is 5.91 Å². The standard InChI is InChI=1S/C28H24FN7O2/c1-16-7-22(29)24(36-27(38)18-5-6-32-25(9-18)28(3,4)14-30)10-21(16)19-8-20(13-31-12-19)23-11-26(34-15-33-23)35-17(2)37/h5-13,15H,1-4H3,(H,36,38)(H,33,34,35,37). The Kier molecular flexibility index (Phi) is 7.21. The van der Waals surface area contributed by atoms with Gasteiger partial charge in [-0.1, -0.05) is 0 Å². The smallest absolute Gasteiger partial charge is 0.255 e. The van der Waals surface area contributed by atoms with Crippen LogP contribution in [0.25, 0.3) is 22.4 Å². The van der Waals surface area contributed by atoms with Crippen LogP contribution in [0.15, 0.2) is 61.3 Å². The molecule has 190 valence electrons. The number of amides is 2. The van der Waals surface area contributed by atoms with Gasteiger partial charge in [0.05, 0.1) is 28.6 Å². The molecule has 0 bridgehead atoms. The summed E-state index contributed by atoms with van der Waals surface area (Å²) in [5, 5.41) is 14.6. The monoisotopic (exact) mass is 509 g/mol. The van der Waals surface area contributed by atoms with Crippen LogP contribution in [0.5, 0.6) is 0 Å². The molecule has 4 rings (SSSR count). The highest BCUT2D eigenvalue weighted by Gasteiger charge is 2.23. The molecule has 9 nitrogen and oxygen atoms in total. The van der Waals surface area contributed by atoms with Gasteiger partial charge < -0.3 is 10.6 Å².